The summed E-state index contributed by atoms with van der Waals surface area (Å²) in [5.41, 5.74) is 17.9. The minimum atomic E-state index is 0.485. The van der Waals surface area contributed by atoms with E-state index in [9.17, 15) is 0 Å². The Bertz CT molecular complexity index is 3010. The Labute approximate surface area is 335 Å². The zero-order chi connectivity index (χ0) is 38.7. The highest BCUT2D eigenvalue weighted by atomic mass is 32.1. The summed E-state index contributed by atoms with van der Waals surface area (Å²) >= 11 is 1.76. The molecular weight excluding hydrogens is 717 g/mol. The van der Waals surface area contributed by atoms with E-state index in [4.69, 9.17) is 25.1 Å². The predicted molar refractivity (Wildman–Crippen MR) is 241 cm³/mol. The second-order valence-electron chi connectivity index (χ2n) is 13.9. The lowest BCUT2D eigenvalue weighted by Gasteiger charge is -2.08. The molecule has 9 rings (SSSR count). The molecule has 2 N–H and O–H groups in total. The van der Waals surface area contributed by atoms with Gasteiger partial charge in [-0.05, 0) is 59.5 Å². The first kappa shape index (κ1) is 35.5. The number of aliphatic imine (C=N–C) groups is 3. The van der Waals surface area contributed by atoms with Crippen molar-refractivity contribution < 1.29 is 4.42 Å². The van der Waals surface area contributed by atoms with Crippen LogP contribution in [0.2, 0.25) is 0 Å². The highest BCUT2D eigenvalue weighted by Gasteiger charge is 2.18. The molecule has 0 saturated carbocycles. The standard InChI is InChI=1S/C51H38N4OS/c1-33(36-16-6-3-7-17-36)53-51(38-20-10-5-11-21-38)54-34(2)41-25-15-26-45-48(41)43-30-35(28-29-44(43)56-45)31-47-49(42-24-12-13-27-46(42)57-47)55-50(52)40-23-14-22-39(32-40)37-18-8-4-9-19-37/h3-30,32H,1,31H2,2H3,(H2,52,55). The van der Waals surface area contributed by atoms with Gasteiger partial charge in [-0.25, -0.2) is 15.0 Å². The summed E-state index contributed by atoms with van der Waals surface area (Å²) < 4.78 is 7.61. The third kappa shape index (κ3) is 7.34. The molecule has 0 amide bonds. The average molecular weight is 755 g/mol. The van der Waals surface area contributed by atoms with E-state index >= 15 is 0 Å². The van der Waals surface area contributed by atoms with Crippen LogP contribution in [0.4, 0.5) is 5.69 Å². The topological polar surface area (TPSA) is 76.2 Å². The highest BCUT2D eigenvalue weighted by molar-refractivity contribution is 7.19. The lowest BCUT2D eigenvalue weighted by atomic mass is 10.0. The fourth-order valence-corrected chi connectivity index (χ4v) is 8.43. The van der Waals surface area contributed by atoms with Crippen LogP contribution in [0.15, 0.2) is 202 Å². The molecule has 0 aliphatic rings. The Kier molecular flexibility index (Phi) is 9.69. The number of hydrogen-bond acceptors (Lipinski definition) is 4. The number of rotatable bonds is 9. The number of amidine groups is 2. The maximum atomic E-state index is 6.80. The Morgan fingerprint density at radius 1 is 0.614 bits per heavy atom. The normalized spacial score (nSPS) is 12.5. The maximum absolute atomic E-state index is 6.80. The Balaban J connectivity index is 1.10. The van der Waals surface area contributed by atoms with Gasteiger partial charge in [0, 0.05) is 54.6 Å². The molecule has 0 spiro atoms. The van der Waals surface area contributed by atoms with Gasteiger partial charge in [0.05, 0.1) is 11.4 Å². The number of benzene rings is 7. The predicted octanol–water partition coefficient (Wildman–Crippen LogP) is 13.0. The summed E-state index contributed by atoms with van der Waals surface area (Å²) in [6.07, 6.45) is 0.680. The third-order valence-electron chi connectivity index (χ3n) is 10.1. The van der Waals surface area contributed by atoms with Gasteiger partial charge in [0.2, 0.25) is 0 Å². The zero-order valence-corrected chi connectivity index (χ0v) is 32.2. The summed E-state index contributed by atoms with van der Waals surface area (Å²) in [5, 5.41) is 3.14. The van der Waals surface area contributed by atoms with Crippen molar-refractivity contribution in [3.8, 4) is 11.1 Å². The molecule has 9 aromatic rings. The highest BCUT2D eigenvalue weighted by Crippen LogP contribution is 2.41. The van der Waals surface area contributed by atoms with Gasteiger partial charge in [0.25, 0.3) is 0 Å². The Morgan fingerprint density at radius 2 is 1.28 bits per heavy atom. The number of furan rings is 1. The lowest BCUT2D eigenvalue weighted by Crippen LogP contribution is -2.12. The first-order valence-electron chi connectivity index (χ1n) is 18.9. The lowest BCUT2D eigenvalue weighted by molar-refractivity contribution is 0.669. The van der Waals surface area contributed by atoms with E-state index < -0.39 is 0 Å². The van der Waals surface area contributed by atoms with Gasteiger partial charge in [-0.1, -0.05) is 152 Å². The summed E-state index contributed by atoms with van der Waals surface area (Å²) in [4.78, 5) is 16.4. The van der Waals surface area contributed by atoms with Crippen LogP contribution >= 0.6 is 11.3 Å². The molecule has 0 aliphatic heterocycles. The van der Waals surface area contributed by atoms with E-state index in [0.29, 0.717) is 23.8 Å². The van der Waals surface area contributed by atoms with Crippen LogP contribution < -0.4 is 5.73 Å². The van der Waals surface area contributed by atoms with Crippen LogP contribution in [-0.2, 0) is 6.42 Å². The smallest absolute Gasteiger partial charge is 0.160 e. The van der Waals surface area contributed by atoms with Crippen LogP contribution in [0.5, 0.6) is 0 Å². The minimum Gasteiger partial charge on any atom is -0.456 e. The molecular formula is C51H38N4OS. The van der Waals surface area contributed by atoms with Gasteiger partial charge in [-0.2, -0.15) is 0 Å². The molecule has 0 aliphatic carbocycles. The van der Waals surface area contributed by atoms with Gasteiger partial charge in [0.1, 0.15) is 17.0 Å². The molecule has 0 radical (unpaired) electrons. The molecule has 5 nitrogen and oxygen atoms in total. The van der Waals surface area contributed by atoms with Crippen LogP contribution in [0, 0.1) is 0 Å². The van der Waals surface area contributed by atoms with Crippen LogP contribution in [0.25, 0.3) is 48.8 Å². The largest absolute Gasteiger partial charge is 0.456 e. The molecule has 6 heteroatoms. The van der Waals surface area contributed by atoms with E-state index in [2.05, 4.69) is 79.4 Å². The van der Waals surface area contributed by atoms with Gasteiger partial charge in [-0.15, -0.1) is 11.3 Å². The number of nitrogens with zero attached hydrogens (tertiary/aromatic N) is 3. The summed E-state index contributed by atoms with van der Waals surface area (Å²) in [7, 11) is 0. The van der Waals surface area contributed by atoms with Crippen molar-refractivity contribution in [1.82, 2.24) is 0 Å². The van der Waals surface area contributed by atoms with E-state index in [0.717, 1.165) is 82.5 Å². The van der Waals surface area contributed by atoms with Gasteiger partial charge >= 0.3 is 0 Å². The summed E-state index contributed by atoms with van der Waals surface area (Å²) in [6, 6.07) is 59.6. The minimum absolute atomic E-state index is 0.485. The van der Waals surface area contributed by atoms with Crippen molar-refractivity contribution in [3.63, 3.8) is 0 Å². The van der Waals surface area contributed by atoms with Crippen molar-refractivity contribution in [1.29, 1.82) is 0 Å². The molecule has 0 fully saturated rings. The van der Waals surface area contributed by atoms with E-state index in [-0.39, 0.29) is 0 Å². The molecule has 7 aromatic carbocycles. The quantitative estimate of drug-likeness (QED) is 0.118. The van der Waals surface area contributed by atoms with E-state index in [1.807, 2.05) is 110 Å². The van der Waals surface area contributed by atoms with Crippen molar-refractivity contribution in [3.05, 3.63) is 215 Å². The maximum Gasteiger partial charge on any atom is 0.160 e. The molecule has 0 unspecified atom stereocenters. The molecule has 0 bridgehead atoms. The molecule has 0 saturated heterocycles. The van der Waals surface area contributed by atoms with Crippen LogP contribution in [-0.4, -0.2) is 17.4 Å². The number of thiophene rings is 1. The van der Waals surface area contributed by atoms with E-state index in [1.54, 1.807) is 11.3 Å². The SMILES string of the molecule is C=C(N=C(N=C(C)c1cccc2oc3ccc(Cc4sc5ccccc5c4N=C(N)c4cccc(-c5ccccc5)c4)cc3c12)c1ccccc1)c1ccccc1. The fraction of sp³-hybridized carbons (Fsp3) is 0.0392. The Morgan fingerprint density at radius 3 is 2.07 bits per heavy atom. The first-order chi connectivity index (χ1) is 28.0. The van der Waals surface area contributed by atoms with Crippen molar-refractivity contribution in [2.45, 2.75) is 13.3 Å². The second-order valence-corrected chi connectivity index (χ2v) is 15.1. The van der Waals surface area contributed by atoms with E-state index in [1.165, 1.54) is 4.70 Å². The van der Waals surface area contributed by atoms with Gasteiger partial charge in [-0.3, -0.25) is 0 Å². The van der Waals surface area contributed by atoms with Crippen molar-refractivity contribution in [2.75, 3.05) is 0 Å². The Hall–Kier alpha value is -7.15. The molecule has 0 atom stereocenters. The monoisotopic (exact) mass is 754 g/mol. The molecule has 274 valence electrons. The second kappa shape index (κ2) is 15.5. The number of hydrogen-bond donors (Lipinski definition) is 1. The zero-order valence-electron chi connectivity index (χ0n) is 31.4. The molecule has 2 aromatic heterocycles. The molecule has 2 heterocycles. The van der Waals surface area contributed by atoms with Crippen molar-refractivity contribution >= 4 is 72.1 Å². The van der Waals surface area contributed by atoms with Crippen LogP contribution in [0.3, 0.4) is 0 Å². The fourth-order valence-electron chi connectivity index (χ4n) is 7.25. The van der Waals surface area contributed by atoms with Crippen LogP contribution in [0.1, 0.15) is 39.6 Å². The third-order valence-corrected chi connectivity index (χ3v) is 11.3. The summed E-state index contributed by atoms with van der Waals surface area (Å²) in [6.45, 7) is 6.31. The van der Waals surface area contributed by atoms with Crippen molar-refractivity contribution in [2.24, 2.45) is 20.7 Å². The summed E-state index contributed by atoms with van der Waals surface area (Å²) in [5.74, 6) is 1.08. The van der Waals surface area contributed by atoms with Gasteiger partial charge < -0.3 is 10.2 Å². The number of nitrogens with two attached hydrogens (primary N) is 1. The average Bonchev–Trinajstić information content (AvgIpc) is 3.81. The molecule has 57 heavy (non-hydrogen) atoms. The number of fused-ring (bicyclic) bond motifs is 4. The van der Waals surface area contributed by atoms with Gasteiger partial charge in [0.15, 0.2) is 5.84 Å². The first-order valence-corrected chi connectivity index (χ1v) is 19.7.